The Balaban J connectivity index is 2.05. The molecule has 1 rings (SSSR count). The molecule has 4 heteroatoms. The number of rotatable bonds is 9. The number of carbonyl (C=O) groups excluding carboxylic acids is 1. The Bertz CT molecular complexity index is 365. The highest BCUT2D eigenvalue weighted by atomic mass is 19.1. The number of hydrogen-bond donors (Lipinski definition) is 2. The Morgan fingerprint density at radius 2 is 1.89 bits per heavy atom. The van der Waals surface area contributed by atoms with Gasteiger partial charge in [0.25, 0.3) is 0 Å². The van der Waals surface area contributed by atoms with E-state index in [-0.39, 0.29) is 11.7 Å². The highest BCUT2D eigenvalue weighted by Crippen LogP contribution is 2.02. The second-order valence-electron chi connectivity index (χ2n) is 4.58. The maximum absolute atomic E-state index is 12.7. The van der Waals surface area contributed by atoms with E-state index in [0.29, 0.717) is 13.0 Å². The van der Waals surface area contributed by atoms with Gasteiger partial charge in [0.1, 0.15) is 5.82 Å². The average molecular weight is 266 g/mol. The second kappa shape index (κ2) is 9.50. The zero-order chi connectivity index (χ0) is 13.9. The zero-order valence-electron chi connectivity index (χ0n) is 11.5. The van der Waals surface area contributed by atoms with Crippen molar-refractivity contribution < 1.29 is 9.18 Å². The van der Waals surface area contributed by atoms with Crippen LogP contribution >= 0.6 is 0 Å². The number of unbranched alkanes of at least 4 members (excludes halogenated alkanes) is 1. The first-order chi connectivity index (χ1) is 9.22. The van der Waals surface area contributed by atoms with Crippen molar-refractivity contribution in [1.29, 1.82) is 0 Å². The summed E-state index contributed by atoms with van der Waals surface area (Å²) in [5, 5.41) is 6.09. The van der Waals surface area contributed by atoms with E-state index in [9.17, 15) is 9.18 Å². The van der Waals surface area contributed by atoms with Gasteiger partial charge in [-0.15, -0.1) is 0 Å². The summed E-state index contributed by atoms with van der Waals surface area (Å²) >= 11 is 0. The van der Waals surface area contributed by atoms with Gasteiger partial charge in [0.15, 0.2) is 0 Å². The number of amides is 1. The third-order valence-electron chi connectivity index (χ3n) is 2.89. The van der Waals surface area contributed by atoms with Gasteiger partial charge in [0.2, 0.25) is 5.91 Å². The molecule has 0 saturated heterocycles. The fraction of sp³-hybridized carbons (Fsp3) is 0.533. The molecule has 106 valence electrons. The molecular weight excluding hydrogens is 243 g/mol. The van der Waals surface area contributed by atoms with Gasteiger partial charge in [-0.3, -0.25) is 4.79 Å². The molecule has 0 aliphatic heterocycles. The fourth-order valence-corrected chi connectivity index (χ4v) is 1.71. The minimum Gasteiger partial charge on any atom is -0.356 e. The molecule has 0 aliphatic carbocycles. The van der Waals surface area contributed by atoms with E-state index in [1.54, 1.807) is 12.1 Å². The quantitative estimate of drug-likeness (QED) is 0.673. The summed E-state index contributed by atoms with van der Waals surface area (Å²) in [5.74, 6) is -0.169. The number of hydrogen-bond acceptors (Lipinski definition) is 2. The third kappa shape index (κ3) is 7.57. The molecule has 0 radical (unpaired) electrons. The van der Waals surface area contributed by atoms with Crippen molar-refractivity contribution in [3.63, 3.8) is 0 Å². The Labute approximate surface area is 114 Å². The summed E-state index contributed by atoms with van der Waals surface area (Å²) < 4.78 is 12.7. The van der Waals surface area contributed by atoms with Crippen LogP contribution in [0.3, 0.4) is 0 Å². The summed E-state index contributed by atoms with van der Waals surface area (Å²) in [4.78, 5) is 11.5. The van der Waals surface area contributed by atoms with Crippen LogP contribution < -0.4 is 10.6 Å². The van der Waals surface area contributed by atoms with Gasteiger partial charge in [-0.2, -0.15) is 0 Å². The van der Waals surface area contributed by atoms with E-state index in [2.05, 4.69) is 17.6 Å². The van der Waals surface area contributed by atoms with Crippen LogP contribution in [0.15, 0.2) is 24.3 Å². The van der Waals surface area contributed by atoms with Crippen LogP contribution in [0.5, 0.6) is 0 Å². The lowest BCUT2D eigenvalue weighted by Gasteiger charge is -2.06. The van der Waals surface area contributed by atoms with E-state index in [1.807, 2.05) is 0 Å². The van der Waals surface area contributed by atoms with Crippen molar-refractivity contribution in [2.75, 3.05) is 19.6 Å². The van der Waals surface area contributed by atoms with Crippen molar-refractivity contribution in [2.24, 2.45) is 0 Å². The molecule has 0 heterocycles. The average Bonchev–Trinajstić information content (AvgIpc) is 2.41. The molecular formula is C15H23FN2O. The van der Waals surface area contributed by atoms with Crippen LogP contribution in [-0.4, -0.2) is 25.5 Å². The predicted octanol–water partition coefficient (Wildman–Crippen LogP) is 2.26. The van der Waals surface area contributed by atoms with Crippen molar-refractivity contribution in [3.8, 4) is 0 Å². The molecule has 0 bridgehead atoms. The van der Waals surface area contributed by atoms with E-state index < -0.39 is 0 Å². The van der Waals surface area contributed by atoms with Gasteiger partial charge in [0, 0.05) is 19.5 Å². The first-order valence-electron chi connectivity index (χ1n) is 6.94. The van der Waals surface area contributed by atoms with Crippen molar-refractivity contribution in [3.05, 3.63) is 35.6 Å². The monoisotopic (exact) mass is 266 g/mol. The molecule has 0 unspecified atom stereocenters. The zero-order valence-corrected chi connectivity index (χ0v) is 11.5. The lowest BCUT2D eigenvalue weighted by Crippen LogP contribution is -2.29. The topological polar surface area (TPSA) is 41.1 Å². The van der Waals surface area contributed by atoms with Crippen LogP contribution in [0.2, 0.25) is 0 Å². The second-order valence-corrected chi connectivity index (χ2v) is 4.58. The van der Waals surface area contributed by atoms with Crippen LogP contribution in [0.1, 0.15) is 31.7 Å². The molecule has 19 heavy (non-hydrogen) atoms. The number of benzene rings is 1. The molecule has 0 spiro atoms. The number of carbonyl (C=O) groups is 1. The first-order valence-corrected chi connectivity index (χ1v) is 6.94. The van der Waals surface area contributed by atoms with Gasteiger partial charge in [-0.05, 0) is 37.1 Å². The summed E-state index contributed by atoms with van der Waals surface area (Å²) in [6.07, 6.45) is 3.55. The van der Waals surface area contributed by atoms with Crippen molar-refractivity contribution in [2.45, 2.75) is 32.6 Å². The van der Waals surface area contributed by atoms with Crippen LogP contribution in [0, 0.1) is 5.82 Å². The van der Waals surface area contributed by atoms with Crippen molar-refractivity contribution in [1.82, 2.24) is 10.6 Å². The highest BCUT2D eigenvalue weighted by molar-refractivity contribution is 5.76. The molecule has 0 aromatic heterocycles. The number of nitrogens with one attached hydrogen (secondary N) is 2. The molecule has 1 aromatic rings. The molecule has 2 N–H and O–H groups in total. The van der Waals surface area contributed by atoms with Gasteiger partial charge in [-0.1, -0.05) is 25.5 Å². The van der Waals surface area contributed by atoms with Crippen LogP contribution in [0.4, 0.5) is 4.39 Å². The molecule has 0 saturated carbocycles. The van der Waals surface area contributed by atoms with Gasteiger partial charge < -0.3 is 10.6 Å². The Morgan fingerprint density at radius 3 is 2.58 bits per heavy atom. The van der Waals surface area contributed by atoms with E-state index >= 15 is 0 Å². The predicted molar refractivity (Wildman–Crippen MR) is 75.5 cm³/mol. The van der Waals surface area contributed by atoms with E-state index in [4.69, 9.17) is 0 Å². The summed E-state index contributed by atoms with van der Waals surface area (Å²) in [6, 6.07) is 6.37. The Kier molecular flexibility index (Phi) is 7.82. The summed E-state index contributed by atoms with van der Waals surface area (Å²) in [5.41, 5.74) is 1.03. The van der Waals surface area contributed by atoms with E-state index in [0.717, 1.165) is 37.9 Å². The SMILES string of the molecule is CCCCNCCC(=O)NCCc1ccc(F)cc1. The minimum absolute atomic E-state index is 0.0612. The molecule has 1 aromatic carbocycles. The first kappa shape index (κ1) is 15.6. The molecule has 1 amide bonds. The lowest BCUT2D eigenvalue weighted by atomic mass is 10.1. The largest absolute Gasteiger partial charge is 0.356 e. The van der Waals surface area contributed by atoms with Gasteiger partial charge in [-0.25, -0.2) is 4.39 Å². The van der Waals surface area contributed by atoms with Gasteiger partial charge >= 0.3 is 0 Å². The maximum atomic E-state index is 12.7. The Hall–Kier alpha value is -1.42. The van der Waals surface area contributed by atoms with Crippen molar-refractivity contribution >= 4 is 5.91 Å². The molecule has 0 atom stereocenters. The third-order valence-corrected chi connectivity index (χ3v) is 2.89. The smallest absolute Gasteiger partial charge is 0.221 e. The lowest BCUT2D eigenvalue weighted by molar-refractivity contribution is -0.120. The standard InChI is InChI=1S/C15H23FN2O/c1-2-3-10-17-11-9-15(19)18-12-8-13-4-6-14(16)7-5-13/h4-7,17H,2-3,8-12H2,1H3,(H,18,19). The highest BCUT2D eigenvalue weighted by Gasteiger charge is 2.00. The van der Waals surface area contributed by atoms with Crippen LogP contribution in [0.25, 0.3) is 0 Å². The van der Waals surface area contributed by atoms with Gasteiger partial charge in [0.05, 0.1) is 0 Å². The summed E-state index contributed by atoms with van der Waals surface area (Å²) in [6.45, 7) is 4.44. The maximum Gasteiger partial charge on any atom is 0.221 e. The Morgan fingerprint density at radius 1 is 1.16 bits per heavy atom. The number of halogens is 1. The van der Waals surface area contributed by atoms with E-state index in [1.165, 1.54) is 12.1 Å². The fourth-order valence-electron chi connectivity index (χ4n) is 1.71. The molecule has 3 nitrogen and oxygen atoms in total. The molecule has 0 aliphatic rings. The normalized spacial score (nSPS) is 10.4. The summed E-state index contributed by atoms with van der Waals surface area (Å²) in [7, 11) is 0. The minimum atomic E-state index is -0.231. The van der Waals surface area contributed by atoms with Crippen LogP contribution in [-0.2, 0) is 11.2 Å². The molecule has 0 fully saturated rings.